The molecule has 2 unspecified atom stereocenters. The van der Waals surface area contributed by atoms with Gasteiger partial charge in [0.15, 0.2) is 0 Å². The summed E-state index contributed by atoms with van der Waals surface area (Å²) in [5.74, 6) is 0.565. The summed E-state index contributed by atoms with van der Waals surface area (Å²) in [6, 6.07) is 6.72. The Bertz CT molecular complexity index is 671. The van der Waals surface area contributed by atoms with Crippen molar-refractivity contribution in [3.8, 4) is 0 Å². The van der Waals surface area contributed by atoms with E-state index in [1.807, 2.05) is 12.1 Å². The molecule has 1 aromatic heterocycles. The van der Waals surface area contributed by atoms with Crippen molar-refractivity contribution in [1.29, 1.82) is 0 Å². The molecule has 4 rings (SSSR count). The lowest BCUT2D eigenvalue weighted by Gasteiger charge is -2.35. The summed E-state index contributed by atoms with van der Waals surface area (Å²) >= 11 is 3.47. The van der Waals surface area contributed by atoms with Crippen LogP contribution in [0.25, 0.3) is 11.0 Å². The minimum absolute atomic E-state index is 0.197. The van der Waals surface area contributed by atoms with Gasteiger partial charge < -0.3 is 15.0 Å². The third-order valence-electron chi connectivity index (χ3n) is 4.59. The first kappa shape index (κ1) is 13.5. The Kier molecular flexibility index (Phi) is 3.40. The molecule has 2 saturated heterocycles. The number of fused-ring (bicyclic) bond motifs is 2. The van der Waals surface area contributed by atoms with Crippen molar-refractivity contribution in [2.24, 2.45) is 0 Å². The van der Waals surface area contributed by atoms with Crippen LogP contribution in [0.2, 0.25) is 0 Å². The lowest BCUT2D eigenvalue weighted by molar-refractivity contribution is -0.0545. The first-order valence-electron chi connectivity index (χ1n) is 7.47. The number of hydrogen-bond donors (Lipinski definition) is 1. The number of nitrogens with two attached hydrogens (primary N) is 1. The highest BCUT2D eigenvalue weighted by Gasteiger charge is 2.32. The molecule has 6 heteroatoms. The molecule has 2 atom stereocenters. The van der Waals surface area contributed by atoms with Crippen LogP contribution in [0.5, 0.6) is 0 Å². The van der Waals surface area contributed by atoms with E-state index in [9.17, 15) is 0 Å². The molecule has 0 spiro atoms. The highest BCUT2D eigenvalue weighted by Crippen LogP contribution is 2.26. The molecule has 0 radical (unpaired) electrons. The summed E-state index contributed by atoms with van der Waals surface area (Å²) in [5.41, 5.74) is 8.09. The number of morpholine rings is 1. The molecule has 21 heavy (non-hydrogen) atoms. The second-order valence-electron chi connectivity index (χ2n) is 5.96. The van der Waals surface area contributed by atoms with E-state index in [4.69, 9.17) is 10.5 Å². The van der Waals surface area contributed by atoms with Crippen molar-refractivity contribution < 1.29 is 4.74 Å². The monoisotopic (exact) mass is 350 g/mol. The molecule has 2 aliphatic rings. The quantitative estimate of drug-likeness (QED) is 0.902. The Hall–Kier alpha value is -1.11. The standard InChI is InChI=1S/C15H19BrN4O/c16-10-3-4-14-13(6-10)18-15(17)20(14)8-12-7-19-5-1-2-11(19)9-21-12/h3-4,6,11-12H,1-2,5,7-9H2,(H2,17,18). The average Bonchev–Trinajstić information content (AvgIpc) is 3.03. The Morgan fingerprint density at radius 2 is 2.33 bits per heavy atom. The fraction of sp³-hybridized carbons (Fsp3) is 0.533. The summed E-state index contributed by atoms with van der Waals surface area (Å²) in [6.45, 7) is 3.83. The van der Waals surface area contributed by atoms with Crippen molar-refractivity contribution in [2.45, 2.75) is 31.5 Å². The number of hydrogen-bond acceptors (Lipinski definition) is 4. The SMILES string of the molecule is Nc1nc2cc(Br)ccc2n1CC1CN2CCCC2CO1. The molecule has 0 bridgehead atoms. The van der Waals surface area contributed by atoms with Gasteiger partial charge in [0, 0.05) is 17.1 Å². The Morgan fingerprint density at radius 3 is 3.24 bits per heavy atom. The molecule has 2 aliphatic heterocycles. The number of ether oxygens (including phenoxy) is 1. The third-order valence-corrected chi connectivity index (χ3v) is 5.08. The first-order valence-corrected chi connectivity index (χ1v) is 8.27. The van der Waals surface area contributed by atoms with Crippen molar-refractivity contribution in [3.63, 3.8) is 0 Å². The summed E-state index contributed by atoms with van der Waals surface area (Å²) < 4.78 is 9.13. The van der Waals surface area contributed by atoms with Crippen LogP contribution in [0.15, 0.2) is 22.7 Å². The van der Waals surface area contributed by atoms with Crippen molar-refractivity contribution >= 4 is 32.9 Å². The number of rotatable bonds is 2. The molecule has 112 valence electrons. The normalized spacial score (nSPS) is 26.3. The van der Waals surface area contributed by atoms with Gasteiger partial charge in [0.05, 0.1) is 30.3 Å². The molecule has 0 aliphatic carbocycles. The highest BCUT2D eigenvalue weighted by atomic mass is 79.9. The van der Waals surface area contributed by atoms with Gasteiger partial charge in [-0.25, -0.2) is 4.98 Å². The van der Waals surface area contributed by atoms with Crippen LogP contribution in [0.4, 0.5) is 5.95 Å². The van der Waals surface area contributed by atoms with Gasteiger partial charge in [0.2, 0.25) is 5.95 Å². The lowest BCUT2D eigenvalue weighted by Crippen LogP contribution is -2.47. The van der Waals surface area contributed by atoms with E-state index in [0.29, 0.717) is 12.0 Å². The number of benzene rings is 1. The maximum Gasteiger partial charge on any atom is 0.201 e. The Labute approximate surface area is 132 Å². The minimum atomic E-state index is 0.197. The number of imidazole rings is 1. The third kappa shape index (κ3) is 2.45. The van der Waals surface area contributed by atoms with E-state index >= 15 is 0 Å². The van der Waals surface area contributed by atoms with E-state index in [-0.39, 0.29) is 6.10 Å². The summed E-state index contributed by atoms with van der Waals surface area (Å²) in [4.78, 5) is 7.00. The molecule has 5 nitrogen and oxygen atoms in total. The van der Waals surface area contributed by atoms with Gasteiger partial charge in [-0.1, -0.05) is 15.9 Å². The summed E-state index contributed by atoms with van der Waals surface area (Å²) in [5, 5.41) is 0. The lowest BCUT2D eigenvalue weighted by atomic mass is 10.2. The molecule has 2 aromatic rings. The number of halogens is 1. The number of nitrogen functional groups attached to an aromatic ring is 1. The van der Waals surface area contributed by atoms with E-state index in [2.05, 4.69) is 36.4 Å². The van der Waals surface area contributed by atoms with Gasteiger partial charge in [-0.3, -0.25) is 4.90 Å². The second kappa shape index (κ2) is 5.26. The van der Waals surface area contributed by atoms with Crippen LogP contribution in [0.3, 0.4) is 0 Å². The second-order valence-corrected chi connectivity index (χ2v) is 6.88. The first-order chi connectivity index (χ1) is 10.2. The Balaban J connectivity index is 1.58. The number of anilines is 1. The van der Waals surface area contributed by atoms with Crippen LogP contribution in [0, 0.1) is 0 Å². The predicted molar refractivity (Wildman–Crippen MR) is 86.2 cm³/mol. The van der Waals surface area contributed by atoms with Gasteiger partial charge in [0.25, 0.3) is 0 Å². The van der Waals surface area contributed by atoms with Crippen LogP contribution in [-0.2, 0) is 11.3 Å². The highest BCUT2D eigenvalue weighted by molar-refractivity contribution is 9.10. The zero-order valence-electron chi connectivity index (χ0n) is 11.8. The summed E-state index contributed by atoms with van der Waals surface area (Å²) in [6.07, 6.45) is 2.77. The van der Waals surface area contributed by atoms with Gasteiger partial charge in [0.1, 0.15) is 0 Å². The maximum atomic E-state index is 6.09. The van der Waals surface area contributed by atoms with Gasteiger partial charge >= 0.3 is 0 Å². The van der Waals surface area contributed by atoms with Gasteiger partial charge in [-0.2, -0.15) is 0 Å². The molecule has 0 amide bonds. The fourth-order valence-corrected chi connectivity index (χ4v) is 3.86. The van der Waals surface area contributed by atoms with E-state index in [1.165, 1.54) is 19.4 Å². The van der Waals surface area contributed by atoms with Gasteiger partial charge in [-0.15, -0.1) is 0 Å². The molecule has 0 saturated carbocycles. The van der Waals surface area contributed by atoms with E-state index in [1.54, 1.807) is 0 Å². The zero-order chi connectivity index (χ0) is 14.4. The topological polar surface area (TPSA) is 56.3 Å². The zero-order valence-corrected chi connectivity index (χ0v) is 13.4. The van der Waals surface area contributed by atoms with Crippen LogP contribution < -0.4 is 5.73 Å². The maximum absolute atomic E-state index is 6.09. The molecule has 2 N–H and O–H groups in total. The van der Waals surface area contributed by atoms with Crippen LogP contribution >= 0.6 is 15.9 Å². The number of aromatic nitrogens is 2. The number of nitrogens with zero attached hydrogens (tertiary/aromatic N) is 3. The molecule has 3 heterocycles. The van der Waals surface area contributed by atoms with Crippen molar-refractivity contribution in [2.75, 3.05) is 25.4 Å². The molecular weight excluding hydrogens is 332 g/mol. The Morgan fingerprint density at radius 1 is 1.43 bits per heavy atom. The molecular formula is C15H19BrN4O. The average molecular weight is 351 g/mol. The largest absolute Gasteiger partial charge is 0.373 e. The van der Waals surface area contributed by atoms with Gasteiger partial charge in [-0.05, 0) is 37.6 Å². The fourth-order valence-electron chi connectivity index (χ4n) is 3.51. The van der Waals surface area contributed by atoms with E-state index < -0.39 is 0 Å². The van der Waals surface area contributed by atoms with Crippen LogP contribution in [0.1, 0.15) is 12.8 Å². The predicted octanol–water partition coefficient (Wildman–Crippen LogP) is 2.24. The van der Waals surface area contributed by atoms with Crippen molar-refractivity contribution in [3.05, 3.63) is 22.7 Å². The molecule has 1 aromatic carbocycles. The van der Waals surface area contributed by atoms with Crippen molar-refractivity contribution in [1.82, 2.24) is 14.5 Å². The van der Waals surface area contributed by atoms with Crippen LogP contribution in [-0.4, -0.2) is 46.3 Å². The summed E-state index contributed by atoms with van der Waals surface area (Å²) in [7, 11) is 0. The smallest absolute Gasteiger partial charge is 0.201 e. The van der Waals surface area contributed by atoms with E-state index in [0.717, 1.165) is 35.2 Å². The minimum Gasteiger partial charge on any atom is -0.373 e. The molecule has 2 fully saturated rings.